The van der Waals surface area contributed by atoms with Crippen molar-refractivity contribution < 1.29 is 13.2 Å². The highest BCUT2D eigenvalue weighted by molar-refractivity contribution is 7.10. The number of aryl methyl sites for hydroxylation is 1. The Hall–Kier alpha value is -1.56. The zero-order valence-electron chi connectivity index (χ0n) is 13.0. The largest absolute Gasteiger partial charge is 0.418 e. The van der Waals surface area contributed by atoms with Crippen LogP contribution >= 0.6 is 11.3 Å². The summed E-state index contributed by atoms with van der Waals surface area (Å²) in [6, 6.07) is 4.65. The first-order chi connectivity index (χ1) is 11.0. The smallest absolute Gasteiger partial charge is 0.371 e. The highest BCUT2D eigenvalue weighted by Crippen LogP contribution is 2.40. The molecule has 124 valence electrons. The molecule has 0 bridgehead atoms. The van der Waals surface area contributed by atoms with Crippen LogP contribution in [0.1, 0.15) is 36.6 Å². The van der Waals surface area contributed by atoms with Gasteiger partial charge in [0.2, 0.25) is 0 Å². The summed E-state index contributed by atoms with van der Waals surface area (Å²) in [5.74, 6) is 0. The molecule has 0 saturated carbocycles. The van der Waals surface area contributed by atoms with Crippen molar-refractivity contribution in [2.24, 2.45) is 0 Å². The fourth-order valence-corrected chi connectivity index (χ4v) is 3.94. The van der Waals surface area contributed by atoms with Crippen LogP contribution in [0.2, 0.25) is 0 Å². The second kappa shape index (κ2) is 6.51. The van der Waals surface area contributed by atoms with Crippen molar-refractivity contribution in [2.75, 3.05) is 18.0 Å². The molecule has 3 rings (SSSR count). The maximum Gasteiger partial charge on any atom is 0.418 e. The molecule has 2 aromatic rings. The lowest BCUT2D eigenvalue weighted by Crippen LogP contribution is -2.22. The van der Waals surface area contributed by atoms with Gasteiger partial charge in [0.25, 0.3) is 0 Å². The standard InChI is InChI=1S/C17H19F3N2S/c1-2-5-15-16(21-11-23-15)12-6-7-14(22-8-3-4-9-22)13(10-12)17(18,19)20/h6-7,10-11H,2-5,8-9H2,1H3. The van der Waals surface area contributed by atoms with Crippen LogP contribution in [-0.4, -0.2) is 18.1 Å². The second-order valence-corrected chi connectivity index (χ2v) is 6.74. The van der Waals surface area contributed by atoms with Gasteiger partial charge in [0.15, 0.2) is 0 Å². The molecule has 2 nitrogen and oxygen atoms in total. The predicted molar refractivity (Wildman–Crippen MR) is 88.0 cm³/mol. The van der Waals surface area contributed by atoms with E-state index in [1.54, 1.807) is 17.6 Å². The van der Waals surface area contributed by atoms with Crippen LogP contribution < -0.4 is 4.90 Å². The summed E-state index contributed by atoms with van der Waals surface area (Å²) in [5, 5.41) is 0. The molecule has 2 heterocycles. The summed E-state index contributed by atoms with van der Waals surface area (Å²) in [6.07, 6.45) is -0.658. The Labute approximate surface area is 138 Å². The van der Waals surface area contributed by atoms with E-state index >= 15 is 0 Å². The van der Waals surface area contributed by atoms with Gasteiger partial charge in [-0.25, -0.2) is 4.98 Å². The van der Waals surface area contributed by atoms with E-state index in [1.807, 2.05) is 4.90 Å². The summed E-state index contributed by atoms with van der Waals surface area (Å²) < 4.78 is 40.6. The number of nitrogens with zero attached hydrogens (tertiary/aromatic N) is 2. The number of rotatable bonds is 4. The third-order valence-corrected chi connectivity index (χ3v) is 5.03. The van der Waals surface area contributed by atoms with E-state index in [4.69, 9.17) is 0 Å². The van der Waals surface area contributed by atoms with Crippen molar-refractivity contribution in [3.63, 3.8) is 0 Å². The molecule has 1 saturated heterocycles. The number of anilines is 1. The van der Waals surface area contributed by atoms with E-state index in [0.717, 1.165) is 30.6 Å². The Morgan fingerprint density at radius 2 is 1.96 bits per heavy atom. The lowest BCUT2D eigenvalue weighted by Gasteiger charge is -2.23. The summed E-state index contributed by atoms with van der Waals surface area (Å²) in [5.41, 5.74) is 2.71. The van der Waals surface area contributed by atoms with Gasteiger partial charge in [-0.15, -0.1) is 11.3 Å². The lowest BCUT2D eigenvalue weighted by atomic mass is 10.0. The van der Waals surface area contributed by atoms with Gasteiger partial charge >= 0.3 is 6.18 Å². The fraction of sp³-hybridized carbons (Fsp3) is 0.471. The van der Waals surface area contributed by atoms with E-state index in [2.05, 4.69) is 11.9 Å². The molecule has 0 atom stereocenters. The van der Waals surface area contributed by atoms with Crippen LogP contribution in [-0.2, 0) is 12.6 Å². The Bertz CT molecular complexity index is 673. The van der Waals surface area contributed by atoms with E-state index in [9.17, 15) is 13.2 Å². The Kier molecular flexibility index (Phi) is 4.62. The quantitative estimate of drug-likeness (QED) is 0.743. The zero-order valence-corrected chi connectivity index (χ0v) is 13.8. The van der Waals surface area contributed by atoms with E-state index in [0.29, 0.717) is 30.0 Å². The minimum absolute atomic E-state index is 0.297. The first-order valence-electron chi connectivity index (χ1n) is 7.89. The Morgan fingerprint density at radius 3 is 2.61 bits per heavy atom. The molecule has 0 aliphatic carbocycles. The maximum atomic E-state index is 13.5. The number of thiazole rings is 1. The molecule has 1 fully saturated rings. The number of hydrogen-bond acceptors (Lipinski definition) is 3. The highest BCUT2D eigenvalue weighted by atomic mass is 32.1. The topological polar surface area (TPSA) is 16.1 Å². The second-order valence-electron chi connectivity index (χ2n) is 5.80. The molecular formula is C17H19F3N2S. The van der Waals surface area contributed by atoms with E-state index in [-0.39, 0.29) is 0 Å². The summed E-state index contributed by atoms with van der Waals surface area (Å²) >= 11 is 1.51. The van der Waals surface area contributed by atoms with Crippen molar-refractivity contribution in [2.45, 2.75) is 38.8 Å². The molecule has 1 aromatic carbocycles. The molecule has 0 spiro atoms. The third kappa shape index (κ3) is 3.37. The van der Waals surface area contributed by atoms with Gasteiger partial charge in [-0.05, 0) is 31.4 Å². The monoisotopic (exact) mass is 340 g/mol. The SMILES string of the molecule is CCCc1scnc1-c1ccc(N2CCCC2)c(C(F)(F)F)c1. The number of benzene rings is 1. The molecule has 1 aromatic heterocycles. The Morgan fingerprint density at radius 1 is 1.22 bits per heavy atom. The van der Waals surface area contributed by atoms with Crippen LogP contribution in [0.25, 0.3) is 11.3 Å². The van der Waals surface area contributed by atoms with Crippen LogP contribution in [0.15, 0.2) is 23.7 Å². The average molecular weight is 340 g/mol. The molecule has 23 heavy (non-hydrogen) atoms. The molecule has 0 N–H and O–H groups in total. The van der Waals surface area contributed by atoms with Crippen LogP contribution in [0.4, 0.5) is 18.9 Å². The van der Waals surface area contributed by atoms with Gasteiger partial charge in [-0.1, -0.05) is 19.4 Å². The Balaban J connectivity index is 2.05. The summed E-state index contributed by atoms with van der Waals surface area (Å²) in [6.45, 7) is 3.45. The van der Waals surface area contributed by atoms with Crippen molar-refractivity contribution in [1.29, 1.82) is 0 Å². The van der Waals surface area contributed by atoms with E-state index in [1.165, 1.54) is 17.4 Å². The molecule has 6 heteroatoms. The van der Waals surface area contributed by atoms with E-state index < -0.39 is 11.7 Å². The van der Waals surface area contributed by atoms with Crippen molar-refractivity contribution in [3.05, 3.63) is 34.2 Å². The number of hydrogen-bond donors (Lipinski definition) is 0. The summed E-state index contributed by atoms with van der Waals surface area (Å²) in [4.78, 5) is 7.18. The average Bonchev–Trinajstić information content (AvgIpc) is 3.17. The fourth-order valence-electron chi connectivity index (χ4n) is 3.05. The number of alkyl halides is 3. The first-order valence-corrected chi connectivity index (χ1v) is 8.77. The normalized spacial score (nSPS) is 15.4. The van der Waals surface area contributed by atoms with Crippen molar-refractivity contribution in [3.8, 4) is 11.3 Å². The number of aromatic nitrogens is 1. The lowest BCUT2D eigenvalue weighted by molar-refractivity contribution is -0.137. The molecule has 1 aliphatic heterocycles. The minimum Gasteiger partial charge on any atom is -0.371 e. The van der Waals surface area contributed by atoms with Crippen molar-refractivity contribution >= 4 is 17.0 Å². The highest BCUT2D eigenvalue weighted by Gasteiger charge is 2.36. The van der Waals surface area contributed by atoms with Gasteiger partial charge < -0.3 is 4.90 Å². The van der Waals surface area contributed by atoms with Gasteiger partial charge in [-0.2, -0.15) is 13.2 Å². The minimum atomic E-state index is -4.35. The third-order valence-electron chi connectivity index (χ3n) is 4.14. The van der Waals surface area contributed by atoms with Gasteiger partial charge in [0.1, 0.15) is 0 Å². The molecule has 0 radical (unpaired) electrons. The zero-order chi connectivity index (χ0) is 16.4. The van der Waals surface area contributed by atoms with Gasteiger partial charge in [0.05, 0.1) is 16.8 Å². The van der Waals surface area contributed by atoms with Crippen LogP contribution in [0.3, 0.4) is 0 Å². The van der Waals surface area contributed by atoms with Crippen LogP contribution in [0.5, 0.6) is 0 Å². The maximum absolute atomic E-state index is 13.5. The van der Waals surface area contributed by atoms with Crippen LogP contribution in [0, 0.1) is 0 Å². The number of halogens is 3. The predicted octanol–water partition coefficient (Wildman–Crippen LogP) is 5.38. The van der Waals surface area contributed by atoms with Gasteiger partial charge in [-0.3, -0.25) is 0 Å². The summed E-state index contributed by atoms with van der Waals surface area (Å²) in [7, 11) is 0. The molecular weight excluding hydrogens is 321 g/mol. The molecule has 0 unspecified atom stereocenters. The molecule has 1 aliphatic rings. The van der Waals surface area contributed by atoms with Crippen molar-refractivity contribution in [1.82, 2.24) is 4.98 Å². The van der Waals surface area contributed by atoms with Gasteiger partial charge in [0, 0.05) is 29.2 Å². The molecule has 0 amide bonds. The first kappa shape index (κ1) is 16.3.